The number of amides is 2. The van der Waals surface area contributed by atoms with E-state index in [2.05, 4.69) is 10.6 Å². The van der Waals surface area contributed by atoms with Crippen molar-refractivity contribution in [2.45, 2.75) is 64.0 Å². The average molecular weight is 267 g/mol. The highest BCUT2D eigenvalue weighted by Crippen LogP contribution is 2.28. The first kappa shape index (κ1) is 15.1. The maximum absolute atomic E-state index is 12.0. The number of halogens is 3. The van der Waals surface area contributed by atoms with Crippen molar-refractivity contribution in [1.29, 1.82) is 0 Å². The standard InChI is InChI=1S/C11H20F3N3O/c1-9(2)5-7(6-10(3,4)17-9)15-8(18)16-11(12,13)14/h7,17H,5-6H2,1-4H3,(H2,15,16,18). The van der Waals surface area contributed by atoms with E-state index in [1.165, 1.54) is 0 Å². The van der Waals surface area contributed by atoms with Crippen LogP contribution < -0.4 is 16.0 Å². The molecule has 2 amide bonds. The minimum Gasteiger partial charge on any atom is -0.335 e. The van der Waals surface area contributed by atoms with Gasteiger partial charge in [-0.1, -0.05) is 0 Å². The summed E-state index contributed by atoms with van der Waals surface area (Å²) in [5.41, 5.74) is -0.449. The van der Waals surface area contributed by atoms with Crippen molar-refractivity contribution in [3.63, 3.8) is 0 Å². The normalized spacial score (nSPS) is 23.5. The Balaban J connectivity index is 2.59. The number of urea groups is 1. The second kappa shape index (κ2) is 4.60. The van der Waals surface area contributed by atoms with Crippen molar-refractivity contribution >= 4 is 6.03 Å². The van der Waals surface area contributed by atoms with Gasteiger partial charge in [-0.2, -0.15) is 13.2 Å². The van der Waals surface area contributed by atoms with Crippen molar-refractivity contribution in [1.82, 2.24) is 16.0 Å². The van der Waals surface area contributed by atoms with E-state index in [9.17, 15) is 18.0 Å². The fourth-order valence-corrected chi connectivity index (χ4v) is 2.77. The number of hydrogen-bond acceptors (Lipinski definition) is 2. The van der Waals surface area contributed by atoms with Crippen molar-refractivity contribution in [3.05, 3.63) is 0 Å². The first-order chi connectivity index (χ1) is 7.89. The molecular weight excluding hydrogens is 247 g/mol. The van der Waals surface area contributed by atoms with Crippen molar-refractivity contribution in [3.8, 4) is 0 Å². The van der Waals surface area contributed by atoms with E-state index in [4.69, 9.17) is 0 Å². The number of rotatable bonds is 1. The van der Waals surface area contributed by atoms with Gasteiger partial charge in [-0.25, -0.2) is 10.1 Å². The number of piperidine rings is 1. The van der Waals surface area contributed by atoms with Gasteiger partial charge >= 0.3 is 12.3 Å². The molecule has 1 aliphatic rings. The Morgan fingerprint density at radius 2 is 1.61 bits per heavy atom. The summed E-state index contributed by atoms with van der Waals surface area (Å²) < 4.78 is 35.9. The number of alkyl halides is 3. The first-order valence-corrected chi connectivity index (χ1v) is 5.83. The number of carbonyl (C=O) groups excluding carboxylic acids is 1. The number of hydrogen-bond donors (Lipinski definition) is 3. The van der Waals surface area contributed by atoms with Gasteiger partial charge in [-0.3, -0.25) is 0 Å². The minimum absolute atomic E-state index is 0.224. The molecule has 0 aromatic carbocycles. The SMILES string of the molecule is CC1(C)CC(NC(=O)NC(F)(F)F)CC(C)(C)N1. The van der Waals surface area contributed by atoms with Crippen LogP contribution in [0.5, 0.6) is 0 Å². The molecule has 0 atom stereocenters. The molecule has 1 aliphatic heterocycles. The minimum atomic E-state index is -4.69. The molecule has 0 spiro atoms. The smallest absolute Gasteiger partial charge is 0.335 e. The van der Waals surface area contributed by atoms with Gasteiger partial charge in [0.25, 0.3) is 0 Å². The van der Waals surface area contributed by atoms with E-state index in [1.807, 2.05) is 27.7 Å². The molecule has 0 aromatic rings. The molecule has 0 saturated carbocycles. The third-order valence-electron chi connectivity index (χ3n) is 2.78. The average Bonchev–Trinajstić information content (AvgIpc) is 1.90. The summed E-state index contributed by atoms with van der Waals surface area (Å²) in [7, 11) is 0. The summed E-state index contributed by atoms with van der Waals surface area (Å²) in [6.45, 7) is 7.85. The summed E-state index contributed by atoms with van der Waals surface area (Å²) in [6, 6.07) is -1.47. The lowest BCUT2D eigenvalue weighted by Crippen LogP contribution is -2.63. The molecule has 0 aromatic heterocycles. The first-order valence-electron chi connectivity index (χ1n) is 5.83. The van der Waals surface area contributed by atoms with Crippen LogP contribution >= 0.6 is 0 Å². The molecule has 18 heavy (non-hydrogen) atoms. The highest BCUT2D eigenvalue weighted by Gasteiger charge is 2.39. The summed E-state index contributed by atoms with van der Waals surface area (Å²) in [5.74, 6) is 0. The predicted octanol–water partition coefficient (Wildman–Crippen LogP) is 2.11. The van der Waals surface area contributed by atoms with Crippen LogP contribution in [0.4, 0.5) is 18.0 Å². The Hall–Kier alpha value is -0.980. The molecule has 1 saturated heterocycles. The van der Waals surface area contributed by atoms with Gasteiger partial charge in [0.2, 0.25) is 0 Å². The van der Waals surface area contributed by atoms with Gasteiger partial charge in [0, 0.05) is 17.1 Å². The van der Waals surface area contributed by atoms with Gasteiger partial charge in [0.1, 0.15) is 0 Å². The van der Waals surface area contributed by atoms with Crippen LogP contribution in [0.3, 0.4) is 0 Å². The Labute approximate surface area is 105 Å². The van der Waals surface area contributed by atoms with Crippen LogP contribution in [0, 0.1) is 0 Å². The largest absolute Gasteiger partial charge is 0.485 e. The Morgan fingerprint density at radius 1 is 1.17 bits per heavy atom. The molecule has 7 heteroatoms. The lowest BCUT2D eigenvalue weighted by atomic mass is 9.80. The van der Waals surface area contributed by atoms with Gasteiger partial charge in [0.15, 0.2) is 0 Å². The maximum atomic E-state index is 12.0. The van der Waals surface area contributed by atoms with E-state index in [-0.39, 0.29) is 17.1 Å². The van der Waals surface area contributed by atoms with E-state index in [0.29, 0.717) is 12.8 Å². The Bertz CT molecular complexity index is 310. The van der Waals surface area contributed by atoms with Crippen LogP contribution in [0.25, 0.3) is 0 Å². The van der Waals surface area contributed by atoms with Crippen LogP contribution in [0.15, 0.2) is 0 Å². The lowest BCUT2D eigenvalue weighted by molar-refractivity contribution is -0.145. The molecule has 106 valence electrons. The number of nitrogens with one attached hydrogen (secondary N) is 3. The van der Waals surface area contributed by atoms with Crippen LogP contribution in [-0.2, 0) is 0 Å². The van der Waals surface area contributed by atoms with Crippen molar-refractivity contribution < 1.29 is 18.0 Å². The van der Waals surface area contributed by atoms with E-state index in [0.717, 1.165) is 5.32 Å². The molecular formula is C11H20F3N3O. The van der Waals surface area contributed by atoms with E-state index < -0.39 is 12.3 Å². The molecule has 1 heterocycles. The lowest BCUT2D eigenvalue weighted by Gasteiger charge is -2.46. The number of carbonyl (C=O) groups is 1. The molecule has 0 radical (unpaired) electrons. The monoisotopic (exact) mass is 267 g/mol. The predicted molar refractivity (Wildman–Crippen MR) is 62.0 cm³/mol. The van der Waals surface area contributed by atoms with Gasteiger partial charge < -0.3 is 10.6 Å². The van der Waals surface area contributed by atoms with Gasteiger partial charge in [0.05, 0.1) is 0 Å². The van der Waals surface area contributed by atoms with Crippen LogP contribution in [0.1, 0.15) is 40.5 Å². The fraction of sp³-hybridized carbons (Fsp3) is 0.909. The third-order valence-corrected chi connectivity index (χ3v) is 2.78. The summed E-state index contributed by atoms with van der Waals surface area (Å²) in [4.78, 5) is 11.2. The molecule has 1 rings (SSSR count). The second-order valence-electron chi connectivity index (χ2n) is 6.09. The molecule has 4 nitrogen and oxygen atoms in total. The van der Waals surface area contributed by atoms with E-state index >= 15 is 0 Å². The highest BCUT2D eigenvalue weighted by molar-refractivity contribution is 5.74. The second-order valence-corrected chi connectivity index (χ2v) is 6.09. The molecule has 0 unspecified atom stereocenters. The molecule has 0 aliphatic carbocycles. The quantitative estimate of drug-likeness (QED) is 0.637. The molecule has 0 bridgehead atoms. The topological polar surface area (TPSA) is 53.2 Å². The van der Waals surface area contributed by atoms with Crippen molar-refractivity contribution in [2.24, 2.45) is 0 Å². The highest BCUT2D eigenvalue weighted by atomic mass is 19.4. The fourth-order valence-electron chi connectivity index (χ4n) is 2.77. The summed E-state index contributed by atoms with van der Waals surface area (Å²) >= 11 is 0. The maximum Gasteiger partial charge on any atom is 0.485 e. The molecule has 3 N–H and O–H groups in total. The van der Waals surface area contributed by atoms with Crippen LogP contribution in [-0.4, -0.2) is 29.5 Å². The third kappa shape index (κ3) is 5.12. The van der Waals surface area contributed by atoms with Gasteiger partial charge in [-0.15, -0.1) is 0 Å². The summed E-state index contributed by atoms with van der Waals surface area (Å²) in [6.07, 6.45) is -3.52. The van der Waals surface area contributed by atoms with Crippen LogP contribution in [0.2, 0.25) is 0 Å². The summed E-state index contributed by atoms with van der Waals surface area (Å²) in [5, 5.41) is 6.72. The Kier molecular flexibility index (Phi) is 3.86. The zero-order valence-electron chi connectivity index (χ0n) is 11.0. The Morgan fingerprint density at radius 3 is 2.00 bits per heavy atom. The van der Waals surface area contributed by atoms with Gasteiger partial charge in [-0.05, 0) is 40.5 Å². The van der Waals surface area contributed by atoms with E-state index in [1.54, 1.807) is 0 Å². The van der Waals surface area contributed by atoms with Crippen molar-refractivity contribution in [2.75, 3.05) is 0 Å². The zero-order chi connectivity index (χ0) is 14.2. The molecule has 1 fully saturated rings. The zero-order valence-corrected chi connectivity index (χ0v) is 11.0.